The first-order valence-electron chi connectivity index (χ1n) is 7.24. The van der Waals surface area contributed by atoms with Crippen LogP contribution in [0.4, 0.5) is 18.9 Å². The zero-order valence-electron chi connectivity index (χ0n) is 13.5. The van der Waals surface area contributed by atoms with Crippen LogP contribution in [-0.4, -0.2) is 42.8 Å². The smallest absolute Gasteiger partial charge is 0.273 e. The van der Waals surface area contributed by atoms with Crippen LogP contribution in [0.1, 0.15) is 17.8 Å². The number of rotatable bonds is 7. The van der Waals surface area contributed by atoms with Crippen LogP contribution in [0.15, 0.2) is 23.6 Å². The van der Waals surface area contributed by atoms with Crippen molar-refractivity contribution < 1.29 is 22.9 Å². The molecule has 1 amide bonds. The van der Waals surface area contributed by atoms with E-state index in [0.717, 1.165) is 18.6 Å². The van der Waals surface area contributed by atoms with Crippen LogP contribution in [0.2, 0.25) is 0 Å². The Balaban J connectivity index is 1.82. The molecule has 0 aliphatic heterocycles. The van der Waals surface area contributed by atoms with Crippen LogP contribution in [0.3, 0.4) is 0 Å². The van der Waals surface area contributed by atoms with Crippen molar-refractivity contribution in [1.82, 2.24) is 25.0 Å². The summed E-state index contributed by atoms with van der Waals surface area (Å²) in [6, 6.07) is 1.31. The monoisotopic (exact) mass is 373 g/mol. The molecular formula is C13H14F3N7O3. The average Bonchev–Trinajstić information content (AvgIpc) is 3.10. The lowest BCUT2D eigenvalue weighted by atomic mass is 10.3. The Labute approximate surface area is 144 Å². The molecule has 2 aromatic rings. The molecule has 140 valence electrons. The Bertz CT molecular complexity index is 825. The van der Waals surface area contributed by atoms with Gasteiger partial charge in [-0.2, -0.15) is 28.5 Å². The molecule has 0 saturated carbocycles. The largest absolute Gasteiger partial charge is 0.408 e. The third-order valence-electron chi connectivity index (χ3n) is 3.21. The number of alkyl halides is 3. The Morgan fingerprint density at radius 2 is 2.23 bits per heavy atom. The summed E-state index contributed by atoms with van der Waals surface area (Å²) in [4.78, 5) is 21.8. The number of halogens is 3. The number of nitrogens with one attached hydrogen (secondary N) is 1. The van der Waals surface area contributed by atoms with E-state index in [1.807, 2.05) is 0 Å². The molecule has 0 aliphatic carbocycles. The van der Waals surface area contributed by atoms with Crippen molar-refractivity contribution in [2.24, 2.45) is 5.10 Å². The molecule has 0 aliphatic rings. The van der Waals surface area contributed by atoms with Crippen LogP contribution >= 0.6 is 0 Å². The predicted molar refractivity (Wildman–Crippen MR) is 82.3 cm³/mol. The quantitative estimate of drug-likeness (QED) is 0.447. The minimum Gasteiger partial charge on any atom is -0.273 e. The molecule has 0 radical (unpaired) electrons. The molecule has 2 rings (SSSR count). The maximum absolute atomic E-state index is 12.2. The predicted octanol–water partition coefficient (Wildman–Crippen LogP) is 1.40. The van der Waals surface area contributed by atoms with Gasteiger partial charge in [0.1, 0.15) is 24.1 Å². The van der Waals surface area contributed by atoms with E-state index in [4.69, 9.17) is 0 Å². The van der Waals surface area contributed by atoms with E-state index in [-0.39, 0.29) is 24.3 Å². The number of carbonyl (C=O) groups excluding carboxylic acids is 1. The highest BCUT2D eigenvalue weighted by atomic mass is 19.4. The van der Waals surface area contributed by atoms with Crippen molar-refractivity contribution >= 4 is 17.8 Å². The molecule has 0 aromatic carbocycles. The Morgan fingerprint density at radius 3 is 2.85 bits per heavy atom. The first-order chi connectivity index (χ1) is 12.2. The van der Waals surface area contributed by atoms with Crippen molar-refractivity contribution in [3.63, 3.8) is 0 Å². The van der Waals surface area contributed by atoms with Crippen LogP contribution in [0.5, 0.6) is 0 Å². The minimum absolute atomic E-state index is 0.0421. The first kappa shape index (κ1) is 19.1. The molecule has 0 spiro atoms. The van der Waals surface area contributed by atoms with E-state index in [0.29, 0.717) is 10.4 Å². The van der Waals surface area contributed by atoms with Crippen molar-refractivity contribution in [2.45, 2.75) is 32.6 Å². The highest BCUT2D eigenvalue weighted by Crippen LogP contribution is 2.17. The fourth-order valence-corrected chi connectivity index (χ4v) is 1.99. The van der Waals surface area contributed by atoms with Crippen LogP contribution in [-0.2, 0) is 17.9 Å². The highest BCUT2D eigenvalue weighted by Gasteiger charge is 2.28. The molecule has 0 fully saturated rings. The van der Waals surface area contributed by atoms with Gasteiger partial charge in [-0.15, -0.1) is 0 Å². The van der Waals surface area contributed by atoms with Gasteiger partial charge in [-0.05, 0) is 13.0 Å². The number of aryl methyl sites for hydroxylation is 1. The van der Waals surface area contributed by atoms with Gasteiger partial charge in [-0.1, -0.05) is 0 Å². The third-order valence-corrected chi connectivity index (χ3v) is 3.21. The summed E-state index contributed by atoms with van der Waals surface area (Å²) < 4.78 is 38.7. The maximum Gasteiger partial charge on any atom is 0.408 e. The van der Waals surface area contributed by atoms with Gasteiger partial charge in [-0.25, -0.2) is 5.43 Å². The number of hydrogen-bond acceptors (Lipinski definition) is 6. The van der Waals surface area contributed by atoms with Gasteiger partial charge in [0.25, 0.3) is 0 Å². The van der Waals surface area contributed by atoms with Crippen LogP contribution < -0.4 is 5.43 Å². The number of amides is 1. The number of nitro groups is 1. The van der Waals surface area contributed by atoms with Gasteiger partial charge >= 0.3 is 11.9 Å². The summed E-state index contributed by atoms with van der Waals surface area (Å²) in [6.45, 7) is 0.405. The Hall–Kier alpha value is -3.25. The fraction of sp³-hybridized carbons (Fsp3) is 0.385. The van der Waals surface area contributed by atoms with Gasteiger partial charge in [0.15, 0.2) is 0 Å². The maximum atomic E-state index is 12.2. The SMILES string of the molecule is Cc1c([N+](=O)[O-])cnn1CCC(=O)N/N=C\c1ccn(CC(F)(F)F)n1. The highest BCUT2D eigenvalue weighted by molar-refractivity contribution is 5.80. The second-order valence-electron chi connectivity index (χ2n) is 5.19. The number of hydrogen-bond donors (Lipinski definition) is 1. The van der Waals surface area contributed by atoms with Crippen molar-refractivity contribution in [1.29, 1.82) is 0 Å². The lowest BCUT2D eigenvalue weighted by Crippen LogP contribution is -2.20. The summed E-state index contributed by atoms with van der Waals surface area (Å²) in [7, 11) is 0. The molecule has 13 heteroatoms. The summed E-state index contributed by atoms with van der Waals surface area (Å²) >= 11 is 0. The molecule has 2 heterocycles. The molecule has 1 N–H and O–H groups in total. The normalized spacial score (nSPS) is 11.8. The van der Waals surface area contributed by atoms with Crippen LogP contribution in [0.25, 0.3) is 0 Å². The van der Waals surface area contributed by atoms with Gasteiger partial charge in [0.2, 0.25) is 5.91 Å². The van der Waals surface area contributed by atoms with E-state index in [2.05, 4.69) is 20.7 Å². The van der Waals surface area contributed by atoms with E-state index in [9.17, 15) is 28.1 Å². The topological polar surface area (TPSA) is 120 Å². The minimum atomic E-state index is -4.38. The second-order valence-corrected chi connectivity index (χ2v) is 5.19. The number of hydrazone groups is 1. The number of aromatic nitrogens is 4. The van der Waals surface area contributed by atoms with E-state index < -0.39 is 23.6 Å². The number of nitrogens with zero attached hydrogens (tertiary/aromatic N) is 6. The van der Waals surface area contributed by atoms with E-state index in [1.165, 1.54) is 17.7 Å². The molecule has 26 heavy (non-hydrogen) atoms. The molecule has 0 saturated heterocycles. The standard InChI is InChI=1S/C13H14F3N7O3/c1-9-11(23(25)26)7-18-22(9)5-3-12(24)19-17-6-10-2-4-21(20-10)8-13(14,15)16/h2,4,6-7H,3,5,8H2,1H3,(H,19,24)/b17-6-. The fourth-order valence-electron chi connectivity index (χ4n) is 1.99. The lowest BCUT2D eigenvalue weighted by molar-refractivity contribution is -0.385. The molecule has 0 unspecified atom stereocenters. The van der Waals surface area contributed by atoms with E-state index >= 15 is 0 Å². The molecule has 0 bridgehead atoms. The molecule has 10 nitrogen and oxygen atoms in total. The first-order valence-corrected chi connectivity index (χ1v) is 7.24. The third kappa shape index (κ3) is 5.39. The zero-order valence-corrected chi connectivity index (χ0v) is 13.5. The average molecular weight is 373 g/mol. The second kappa shape index (κ2) is 7.76. The summed E-state index contributed by atoms with van der Waals surface area (Å²) in [5, 5.41) is 21.8. The zero-order chi connectivity index (χ0) is 19.3. The van der Waals surface area contributed by atoms with Gasteiger partial charge in [0, 0.05) is 12.6 Å². The Kier molecular flexibility index (Phi) is 5.69. The van der Waals surface area contributed by atoms with Gasteiger partial charge < -0.3 is 0 Å². The molecule has 2 aromatic heterocycles. The number of carbonyl (C=O) groups is 1. The summed E-state index contributed by atoms with van der Waals surface area (Å²) in [5.41, 5.74) is 2.52. The summed E-state index contributed by atoms with van der Waals surface area (Å²) in [5.74, 6) is -0.492. The van der Waals surface area contributed by atoms with Gasteiger partial charge in [-0.3, -0.25) is 24.3 Å². The molecule has 0 atom stereocenters. The van der Waals surface area contributed by atoms with Crippen molar-refractivity contribution in [3.05, 3.63) is 40.0 Å². The lowest BCUT2D eigenvalue weighted by Gasteiger charge is -2.04. The van der Waals surface area contributed by atoms with E-state index in [1.54, 1.807) is 0 Å². The molecular weight excluding hydrogens is 359 g/mol. The van der Waals surface area contributed by atoms with Crippen molar-refractivity contribution in [3.8, 4) is 0 Å². The van der Waals surface area contributed by atoms with Crippen LogP contribution in [0, 0.1) is 17.0 Å². The Morgan fingerprint density at radius 1 is 1.50 bits per heavy atom. The van der Waals surface area contributed by atoms with Crippen molar-refractivity contribution in [2.75, 3.05) is 0 Å². The van der Waals surface area contributed by atoms with Gasteiger partial charge in [0.05, 0.1) is 17.7 Å². The summed E-state index contributed by atoms with van der Waals surface area (Å²) in [6.07, 6.45) is -1.07.